The van der Waals surface area contributed by atoms with E-state index in [9.17, 15) is 4.79 Å². The Morgan fingerprint density at radius 1 is 1.19 bits per heavy atom. The fourth-order valence-corrected chi connectivity index (χ4v) is 4.98. The molecule has 1 unspecified atom stereocenters. The molecule has 1 aromatic carbocycles. The fourth-order valence-electron chi connectivity index (χ4n) is 3.96. The van der Waals surface area contributed by atoms with E-state index in [1.165, 1.54) is 47.2 Å². The van der Waals surface area contributed by atoms with Crippen LogP contribution in [0.2, 0.25) is 0 Å². The van der Waals surface area contributed by atoms with Crippen LogP contribution in [-0.4, -0.2) is 31.4 Å². The van der Waals surface area contributed by atoms with Crippen LogP contribution in [0.3, 0.4) is 0 Å². The number of thiol groups is 1. The topological polar surface area (TPSA) is 20.3 Å². The second-order valence-corrected chi connectivity index (χ2v) is 8.44. The maximum absolute atomic E-state index is 11.4. The molecule has 3 heteroatoms. The minimum Gasteiger partial charge on any atom is -0.371 e. The molecular weight excluding hydrogens is 278 g/mol. The summed E-state index contributed by atoms with van der Waals surface area (Å²) in [5.74, 6) is 1.18. The van der Waals surface area contributed by atoms with Crippen LogP contribution in [0.15, 0.2) is 12.1 Å². The molecule has 0 aromatic heterocycles. The number of benzene rings is 1. The van der Waals surface area contributed by atoms with Gasteiger partial charge in [-0.3, -0.25) is 4.79 Å². The van der Waals surface area contributed by atoms with Crippen LogP contribution >= 0.6 is 0 Å². The lowest BCUT2D eigenvalue weighted by molar-refractivity contribution is 0.112. The van der Waals surface area contributed by atoms with Crippen LogP contribution in [0.5, 0.6) is 0 Å². The molecule has 0 amide bonds. The van der Waals surface area contributed by atoms with Crippen molar-refractivity contribution in [2.45, 2.75) is 44.4 Å². The van der Waals surface area contributed by atoms with Crippen molar-refractivity contribution >= 4 is 23.7 Å². The summed E-state index contributed by atoms with van der Waals surface area (Å²) in [5, 5.41) is 0. The average molecular weight is 304 g/mol. The van der Waals surface area contributed by atoms with E-state index in [-0.39, 0.29) is 10.8 Å². The molecule has 2 heterocycles. The van der Waals surface area contributed by atoms with Crippen molar-refractivity contribution < 1.29 is 4.79 Å². The first-order valence-corrected chi connectivity index (χ1v) is 9.39. The molecule has 1 aromatic rings. The third-order valence-corrected chi connectivity index (χ3v) is 6.43. The van der Waals surface area contributed by atoms with E-state index in [0.717, 1.165) is 24.9 Å². The van der Waals surface area contributed by atoms with Gasteiger partial charge in [-0.15, -0.1) is 0 Å². The molecule has 0 radical (unpaired) electrons. The van der Waals surface area contributed by atoms with Gasteiger partial charge in [0.05, 0.1) is 6.26 Å². The minimum atomic E-state index is 0.168. The van der Waals surface area contributed by atoms with Gasteiger partial charge in [-0.2, -0.15) is 0 Å². The van der Waals surface area contributed by atoms with Crippen LogP contribution in [0.4, 0.5) is 5.69 Å². The zero-order valence-electron chi connectivity index (χ0n) is 13.6. The molecule has 0 saturated heterocycles. The van der Waals surface area contributed by atoms with E-state index in [0.29, 0.717) is 0 Å². The lowest BCUT2D eigenvalue weighted by atomic mass is 9.69. The summed E-state index contributed by atoms with van der Waals surface area (Å²) < 4.78 is 0. The van der Waals surface area contributed by atoms with Gasteiger partial charge in [-0.05, 0) is 53.3 Å². The van der Waals surface area contributed by atoms with E-state index in [1.54, 1.807) is 0 Å². The molecular formula is C18H26NOS+. The molecule has 0 saturated carbocycles. The summed E-state index contributed by atoms with van der Waals surface area (Å²) >= 11 is 1.43. The Morgan fingerprint density at radius 2 is 1.86 bits per heavy atom. The number of hydrogen-bond acceptors (Lipinski definition) is 2. The standard InChI is InChI=1S/C18H25NOS/c1-17(2)5-7-19-8-6-18(3,12-21-4)15-10-13(11-20)9-14(17)16(15)19/h9-11H,5-8,12H2,1-4H3/p+1. The van der Waals surface area contributed by atoms with Crippen LogP contribution in [0.25, 0.3) is 0 Å². The van der Waals surface area contributed by atoms with Crippen LogP contribution in [0, 0.1) is 0 Å². The molecule has 2 aliphatic heterocycles. The van der Waals surface area contributed by atoms with Crippen LogP contribution in [-0.2, 0) is 22.6 Å². The zero-order valence-corrected chi connectivity index (χ0v) is 14.5. The highest BCUT2D eigenvalue weighted by molar-refractivity contribution is 7.77. The van der Waals surface area contributed by atoms with Gasteiger partial charge in [0.1, 0.15) is 12.0 Å². The Balaban J connectivity index is 2.26. The Kier molecular flexibility index (Phi) is 3.59. The van der Waals surface area contributed by atoms with Gasteiger partial charge >= 0.3 is 0 Å². The Morgan fingerprint density at radius 3 is 2.52 bits per heavy atom. The van der Waals surface area contributed by atoms with Crippen molar-refractivity contribution in [1.82, 2.24) is 0 Å². The normalized spacial score (nSPS) is 26.4. The Bertz CT molecular complexity index is 581. The number of carbonyl (C=O) groups excluding carboxylic acids is 1. The zero-order chi connectivity index (χ0) is 15.3. The Hall–Kier alpha value is -0.960. The van der Waals surface area contributed by atoms with Crippen molar-refractivity contribution in [3.63, 3.8) is 0 Å². The summed E-state index contributed by atoms with van der Waals surface area (Å²) in [6.07, 6.45) is 5.62. The quantitative estimate of drug-likeness (QED) is 0.486. The number of nitrogens with zero attached hydrogens (tertiary/aromatic N) is 1. The first kappa shape index (κ1) is 15.0. The van der Waals surface area contributed by atoms with Gasteiger partial charge in [-0.25, -0.2) is 0 Å². The summed E-state index contributed by atoms with van der Waals surface area (Å²) in [6, 6.07) is 4.29. The van der Waals surface area contributed by atoms with Crippen molar-refractivity contribution in [1.29, 1.82) is 0 Å². The molecule has 0 N–H and O–H groups in total. The maximum Gasteiger partial charge on any atom is 0.150 e. The molecule has 2 nitrogen and oxygen atoms in total. The van der Waals surface area contributed by atoms with E-state index in [2.05, 4.69) is 44.1 Å². The summed E-state index contributed by atoms with van der Waals surface area (Å²) in [5.41, 5.74) is 5.46. The highest BCUT2D eigenvalue weighted by Gasteiger charge is 2.43. The highest BCUT2D eigenvalue weighted by atomic mass is 32.2. The summed E-state index contributed by atoms with van der Waals surface area (Å²) in [4.78, 5) is 14.0. The van der Waals surface area contributed by atoms with E-state index in [1.807, 2.05) is 0 Å². The number of aldehydes is 1. The highest BCUT2D eigenvalue weighted by Crippen LogP contribution is 2.49. The van der Waals surface area contributed by atoms with Gasteiger partial charge in [-0.1, -0.05) is 20.8 Å². The van der Waals surface area contributed by atoms with Gasteiger partial charge in [0, 0.05) is 29.8 Å². The maximum atomic E-state index is 11.4. The number of anilines is 1. The molecule has 0 fully saturated rings. The molecule has 0 spiro atoms. The summed E-state index contributed by atoms with van der Waals surface area (Å²) in [6.45, 7) is 9.32. The lowest BCUT2D eigenvalue weighted by Crippen LogP contribution is -2.46. The Labute approximate surface area is 132 Å². The first-order valence-electron chi connectivity index (χ1n) is 7.86. The van der Waals surface area contributed by atoms with Crippen LogP contribution in [0.1, 0.15) is 55.1 Å². The van der Waals surface area contributed by atoms with Gasteiger partial charge < -0.3 is 4.90 Å². The molecule has 0 aliphatic carbocycles. The summed E-state index contributed by atoms with van der Waals surface area (Å²) in [7, 11) is 0. The number of carbonyl (C=O) groups is 1. The van der Waals surface area contributed by atoms with Crippen LogP contribution < -0.4 is 4.90 Å². The monoisotopic (exact) mass is 304 g/mol. The van der Waals surface area contributed by atoms with E-state index < -0.39 is 0 Å². The number of rotatable bonds is 3. The van der Waals surface area contributed by atoms with Crippen molar-refractivity contribution in [2.24, 2.45) is 0 Å². The lowest BCUT2D eigenvalue weighted by Gasteiger charge is -2.48. The second-order valence-electron chi connectivity index (χ2n) is 7.49. The third-order valence-electron chi connectivity index (χ3n) is 5.41. The van der Waals surface area contributed by atoms with E-state index in [4.69, 9.17) is 0 Å². The average Bonchev–Trinajstić information content (AvgIpc) is 2.45. The van der Waals surface area contributed by atoms with E-state index >= 15 is 0 Å². The smallest absolute Gasteiger partial charge is 0.150 e. The SMILES string of the molecule is C[SH+]CC1(C)CCN2CCC(C)(C)c3cc(C=O)cc1c32. The largest absolute Gasteiger partial charge is 0.371 e. The molecule has 114 valence electrons. The van der Waals surface area contributed by atoms with Crippen molar-refractivity contribution in [2.75, 3.05) is 30.0 Å². The molecule has 1 atom stereocenters. The predicted octanol–water partition coefficient (Wildman–Crippen LogP) is 3.09. The predicted molar refractivity (Wildman–Crippen MR) is 93.2 cm³/mol. The minimum absolute atomic E-state index is 0.168. The third kappa shape index (κ3) is 2.30. The number of hydrogen-bond donors (Lipinski definition) is 0. The van der Waals surface area contributed by atoms with Crippen molar-refractivity contribution in [3.8, 4) is 0 Å². The molecule has 2 aliphatic rings. The van der Waals surface area contributed by atoms with Crippen molar-refractivity contribution in [3.05, 3.63) is 28.8 Å². The molecule has 0 bridgehead atoms. The van der Waals surface area contributed by atoms with Gasteiger partial charge in [0.25, 0.3) is 0 Å². The second kappa shape index (κ2) is 5.05. The molecule has 21 heavy (non-hydrogen) atoms. The fraction of sp³-hybridized carbons (Fsp3) is 0.611. The first-order chi connectivity index (χ1) is 9.91. The van der Waals surface area contributed by atoms with Gasteiger partial charge in [0.15, 0.2) is 0 Å². The molecule has 3 rings (SSSR count). The van der Waals surface area contributed by atoms with Gasteiger partial charge in [0.2, 0.25) is 0 Å².